The fourth-order valence-corrected chi connectivity index (χ4v) is 3.32. The molecule has 106 valence electrons. The average molecular weight is 271 g/mol. The molecular formula is C16H21N3O. The second-order valence-electron chi connectivity index (χ2n) is 6.68. The minimum absolute atomic E-state index is 0.102. The van der Waals surface area contributed by atoms with E-state index in [2.05, 4.69) is 37.9 Å². The number of nitrogens with zero attached hydrogens (tertiary/aromatic N) is 3. The van der Waals surface area contributed by atoms with Crippen molar-refractivity contribution in [2.45, 2.75) is 40.2 Å². The molecule has 4 heteroatoms. The molecule has 0 spiro atoms. The Labute approximate surface area is 119 Å². The lowest BCUT2D eigenvalue weighted by molar-refractivity contribution is 0.268. The highest BCUT2D eigenvalue weighted by Gasteiger charge is 2.67. The number of benzene rings is 1. The Balaban J connectivity index is 2.13. The summed E-state index contributed by atoms with van der Waals surface area (Å²) in [5, 5.41) is 18.1. The van der Waals surface area contributed by atoms with Gasteiger partial charge in [-0.2, -0.15) is 0 Å². The van der Waals surface area contributed by atoms with Crippen LogP contribution >= 0.6 is 0 Å². The molecule has 0 bridgehead atoms. The zero-order valence-corrected chi connectivity index (χ0v) is 12.5. The Morgan fingerprint density at radius 3 is 2.15 bits per heavy atom. The zero-order valence-electron chi connectivity index (χ0n) is 12.5. The van der Waals surface area contributed by atoms with Crippen molar-refractivity contribution in [2.24, 2.45) is 10.8 Å². The van der Waals surface area contributed by atoms with Crippen molar-refractivity contribution in [3.63, 3.8) is 0 Å². The van der Waals surface area contributed by atoms with Gasteiger partial charge in [0.2, 0.25) is 0 Å². The number of rotatable bonds is 3. The van der Waals surface area contributed by atoms with E-state index in [-0.39, 0.29) is 17.4 Å². The largest absolute Gasteiger partial charge is 0.388 e. The predicted molar refractivity (Wildman–Crippen MR) is 77.6 cm³/mol. The topological polar surface area (TPSA) is 50.9 Å². The SMILES string of the molecule is CC1(C)C(c2nnc(CO)n2-c2ccccc2)C1(C)C. The molecule has 0 unspecified atom stereocenters. The Morgan fingerprint density at radius 1 is 1.05 bits per heavy atom. The number of para-hydroxylation sites is 1. The van der Waals surface area contributed by atoms with Gasteiger partial charge in [-0.25, -0.2) is 0 Å². The molecule has 1 fully saturated rings. The van der Waals surface area contributed by atoms with Crippen LogP contribution in [0.4, 0.5) is 0 Å². The quantitative estimate of drug-likeness (QED) is 0.933. The third-order valence-corrected chi connectivity index (χ3v) is 5.19. The van der Waals surface area contributed by atoms with Crippen molar-refractivity contribution in [1.29, 1.82) is 0 Å². The predicted octanol–water partition coefficient (Wildman–Crippen LogP) is 2.91. The lowest BCUT2D eigenvalue weighted by Gasteiger charge is -2.10. The molecule has 1 N–H and O–H groups in total. The summed E-state index contributed by atoms with van der Waals surface area (Å²) in [4.78, 5) is 0. The number of hydrogen-bond acceptors (Lipinski definition) is 3. The maximum Gasteiger partial charge on any atom is 0.163 e. The Bertz CT molecular complexity index is 614. The Morgan fingerprint density at radius 2 is 1.65 bits per heavy atom. The van der Waals surface area contributed by atoms with E-state index in [1.54, 1.807) is 0 Å². The maximum atomic E-state index is 9.53. The first-order valence-corrected chi connectivity index (χ1v) is 7.01. The fraction of sp³-hybridized carbons (Fsp3) is 0.500. The summed E-state index contributed by atoms with van der Waals surface area (Å²) < 4.78 is 2.00. The average Bonchev–Trinajstić information content (AvgIpc) is 2.75. The van der Waals surface area contributed by atoms with E-state index in [1.165, 1.54) is 0 Å². The molecule has 1 aromatic heterocycles. The van der Waals surface area contributed by atoms with E-state index < -0.39 is 0 Å². The van der Waals surface area contributed by atoms with Crippen LogP contribution < -0.4 is 0 Å². The first kappa shape index (κ1) is 13.3. The second kappa shape index (κ2) is 4.16. The van der Waals surface area contributed by atoms with E-state index in [1.807, 2.05) is 34.9 Å². The molecule has 2 aromatic rings. The Kier molecular flexibility index (Phi) is 2.77. The summed E-state index contributed by atoms with van der Waals surface area (Å²) in [6, 6.07) is 10.0. The first-order valence-electron chi connectivity index (χ1n) is 7.01. The van der Waals surface area contributed by atoms with Gasteiger partial charge in [-0.15, -0.1) is 10.2 Å². The van der Waals surface area contributed by atoms with Gasteiger partial charge in [0.25, 0.3) is 0 Å². The van der Waals surface area contributed by atoms with Crippen LogP contribution in [0.15, 0.2) is 30.3 Å². The number of aromatic nitrogens is 3. The molecule has 0 aliphatic heterocycles. The normalized spacial score (nSPS) is 20.1. The van der Waals surface area contributed by atoms with E-state index >= 15 is 0 Å². The summed E-state index contributed by atoms with van der Waals surface area (Å²) in [5.74, 6) is 1.91. The van der Waals surface area contributed by atoms with Gasteiger partial charge in [0.15, 0.2) is 5.82 Å². The number of hydrogen-bond donors (Lipinski definition) is 1. The molecule has 0 radical (unpaired) electrons. The van der Waals surface area contributed by atoms with Gasteiger partial charge in [-0.3, -0.25) is 4.57 Å². The van der Waals surface area contributed by atoms with Gasteiger partial charge < -0.3 is 5.11 Å². The fourth-order valence-electron chi connectivity index (χ4n) is 3.32. The molecule has 1 saturated carbocycles. The maximum absolute atomic E-state index is 9.53. The zero-order chi connectivity index (χ0) is 14.5. The van der Waals surface area contributed by atoms with E-state index in [0.717, 1.165) is 11.5 Å². The summed E-state index contributed by atoms with van der Waals surface area (Å²) in [6.45, 7) is 8.96. The van der Waals surface area contributed by atoms with E-state index in [0.29, 0.717) is 11.7 Å². The number of aliphatic hydroxyl groups excluding tert-OH is 1. The summed E-state index contributed by atoms with van der Waals surface area (Å²) in [6.07, 6.45) is 0. The van der Waals surface area contributed by atoms with Crippen LogP contribution in [-0.4, -0.2) is 19.9 Å². The monoisotopic (exact) mass is 271 g/mol. The molecule has 0 atom stereocenters. The molecule has 1 aliphatic rings. The van der Waals surface area contributed by atoms with Gasteiger partial charge in [-0.1, -0.05) is 45.9 Å². The van der Waals surface area contributed by atoms with Gasteiger partial charge >= 0.3 is 0 Å². The molecule has 1 heterocycles. The molecule has 20 heavy (non-hydrogen) atoms. The highest BCUT2D eigenvalue weighted by Crippen LogP contribution is 2.73. The van der Waals surface area contributed by atoms with Gasteiger partial charge in [-0.05, 0) is 23.0 Å². The van der Waals surface area contributed by atoms with Crippen molar-refractivity contribution < 1.29 is 5.11 Å². The standard InChI is InChI=1S/C16H21N3O/c1-15(2)13(16(15,3)4)14-18-17-12(10-20)19(14)11-8-6-5-7-9-11/h5-9,13,20H,10H2,1-4H3. The molecule has 0 saturated heterocycles. The lowest BCUT2D eigenvalue weighted by atomic mass is 10.0. The van der Waals surface area contributed by atoms with Crippen LogP contribution in [0.25, 0.3) is 5.69 Å². The first-order chi connectivity index (χ1) is 9.41. The summed E-state index contributed by atoms with van der Waals surface area (Å²) in [7, 11) is 0. The van der Waals surface area contributed by atoms with Crippen LogP contribution in [0, 0.1) is 10.8 Å². The molecule has 1 aromatic carbocycles. The molecular weight excluding hydrogens is 250 g/mol. The van der Waals surface area contributed by atoms with E-state index in [4.69, 9.17) is 0 Å². The van der Waals surface area contributed by atoms with Crippen molar-refractivity contribution in [3.8, 4) is 5.69 Å². The lowest BCUT2D eigenvalue weighted by Crippen LogP contribution is -2.06. The van der Waals surface area contributed by atoms with Crippen LogP contribution in [0.3, 0.4) is 0 Å². The van der Waals surface area contributed by atoms with E-state index in [9.17, 15) is 5.11 Å². The highest BCUT2D eigenvalue weighted by atomic mass is 16.3. The van der Waals surface area contributed by atoms with Crippen molar-refractivity contribution in [1.82, 2.24) is 14.8 Å². The van der Waals surface area contributed by atoms with Crippen LogP contribution in [0.5, 0.6) is 0 Å². The highest BCUT2D eigenvalue weighted by molar-refractivity contribution is 5.38. The molecule has 1 aliphatic carbocycles. The number of aliphatic hydroxyl groups is 1. The van der Waals surface area contributed by atoms with Gasteiger partial charge in [0, 0.05) is 11.6 Å². The Hall–Kier alpha value is -1.68. The smallest absolute Gasteiger partial charge is 0.163 e. The summed E-state index contributed by atoms with van der Waals surface area (Å²) in [5.41, 5.74) is 1.40. The van der Waals surface area contributed by atoms with Gasteiger partial charge in [0.05, 0.1) is 0 Å². The van der Waals surface area contributed by atoms with Crippen molar-refractivity contribution in [2.75, 3.05) is 0 Å². The molecule has 3 rings (SSSR count). The van der Waals surface area contributed by atoms with Crippen molar-refractivity contribution in [3.05, 3.63) is 42.0 Å². The minimum Gasteiger partial charge on any atom is -0.388 e. The van der Waals surface area contributed by atoms with Crippen molar-refractivity contribution >= 4 is 0 Å². The van der Waals surface area contributed by atoms with Gasteiger partial charge in [0.1, 0.15) is 12.4 Å². The van der Waals surface area contributed by atoms with Crippen LogP contribution in [-0.2, 0) is 6.61 Å². The molecule has 0 amide bonds. The second-order valence-corrected chi connectivity index (χ2v) is 6.68. The van der Waals surface area contributed by atoms with Crippen LogP contribution in [0.1, 0.15) is 45.3 Å². The third-order valence-electron chi connectivity index (χ3n) is 5.19. The van der Waals surface area contributed by atoms with Crippen LogP contribution in [0.2, 0.25) is 0 Å². The minimum atomic E-state index is -0.102. The summed E-state index contributed by atoms with van der Waals surface area (Å²) >= 11 is 0. The molecule has 4 nitrogen and oxygen atoms in total. The third kappa shape index (κ3) is 1.64.